The van der Waals surface area contributed by atoms with Crippen LogP contribution in [0.1, 0.15) is 23.0 Å². The number of hydrogen-bond donors (Lipinski definition) is 1. The molecule has 1 aromatic carbocycles. The third kappa shape index (κ3) is 2.28. The van der Waals surface area contributed by atoms with Crippen LogP contribution in [0.2, 0.25) is 0 Å². The molecule has 0 aliphatic carbocycles. The molecule has 0 aliphatic heterocycles. The van der Waals surface area contributed by atoms with E-state index in [0.29, 0.717) is 17.0 Å². The summed E-state index contributed by atoms with van der Waals surface area (Å²) in [5.41, 5.74) is 2.49. The molecule has 2 aromatic heterocycles. The number of benzene rings is 1. The molecule has 0 amide bonds. The van der Waals surface area contributed by atoms with Gasteiger partial charge in [0.1, 0.15) is 5.56 Å². The quantitative estimate of drug-likeness (QED) is 0.752. The van der Waals surface area contributed by atoms with E-state index in [1.165, 1.54) is 4.52 Å². The highest BCUT2D eigenvalue weighted by Gasteiger charge is 2.21. The van der Waals surface area contributed by atoms with Crippen molar-refractivity contribution in [2.24, 2.45) is 0 Å². The molecule has 6 heteroatoms. The van der Waals surface area contributed by atoms with Crippen molar-refractivity contribution < 1.29 is 14.6 Å². The third-order valence-electron chi connectivity index (χ3n) is 3.31. The lowest BCUT2D eigenvalue weighted by molar-refractivity contribution is 0.0520. The second-order valence-electron chi connectivity index (χ2n) is 4.78. The van der Waals surface area contributed by atoms with E-state index in [0.717, 1.165) is 5.56 Å². The number of ether oxygens (including phenoxy) is 1. The van der Waals surface area contributed by atoms with Gasteiger partial charge in [0.2, 0.25) is 5.88 Å². The van der Waals surface area contributed by atoms with Gasteiger partial charge in [-0.2, -0.15) is 9.61 Å². The van der Waals surface area contributed by atoms with Crippen LogP contribution in [0, 0.1) is 6.92 Å². The molecule has 0 atom stereocenters. The summed E-state index contributed by atoms with van der Waals surface area (Å²) in [5, 5.41) is 14.7. The second-order valence-corrected chi connectivity index (χ2v) is 4.78. The molecule has 22 heavy (non-hydrogen) atoms. The number of aromatic hydroxyl groups is 1. The first-order valence-electron chi connectivity index (χ1n) is 6.93. The van der Waals surface area contributed by atoms with Crippen molar-refractivity contribution in [3.05, 3.63) is 47.7 Å². The summed E-state index contributed by atoms with van der Waals surface area (Å²) in [7, 11) is 0. The number of hydrogen-bond acceptors (Lipinski definition) is 5. The molecule has 0 aliphatic rings. The molecule has 3 rings (SSSR count). The minimum atomic E-state index is -0.608. The van der Waals surface area contributed by atoms with E-state index < -0.39 is 5.97 Å². The molecule has 1 N–H and O–H groups in total. The Kier molecular flexibility index (Phi) is 3.50. The fourth-order valence-electron chi connectivity index (χ4n) is 2.29. The summed E-state index contributed by atoms with van der Waals surface area (Å²) in [5.74, 6) is -0.869. The van der Waals surface area contributed by atoms with E-state index in [1.54, 1.807) is 19.9 Å². The van der Waals surface area contributed by atoms with E-state index in [1.807, 2.05) is 30.3 Å². The molecule has 0 saturated carbocycles. The maximum atomic E-state index is 11.9. The fourth-order valence-corrected chi connectivity index (χ4v) is 2.29. The number of rotatable bonds is 3. The van der Waals surface area contributed by atoms with Gasteiger partial charge in [-0.3, -0.25) is 0 Å². The smallest absolute Gasteiger partial charge is 0.345 e. The van der Waals surface area contributed by atoms with Crippen LogP contribution in [-0.4, -0.2) is 32.3 Å². The van der Waals surface area contributed by atoms with Gasteiger partial charge in [-0.25, -0.2) is 9.78 Å². The topological polar surface area (TPSA) is 76.7 Å². The number of nitrogens with zero attached hydrogens (tertiary/aromatic N) is 3. The van der Waals surface area contributed by atoms with Crippen molar-refractivity contribution in [1.29, 1.82) is 0 Å². The van der Waals surface area contributed by atoms with Gasteiger partial charge in [-0.15, -0.1) is 0 Å². The molecule has 0 spiro atoms. The third-order valence-corrected chi connectivity index (χ3v) is 3.31. The molecule has 0 bridgehead atoms. The van der Waals surface area contributed by atoms with E-state index in [2.05, 4.69) is 10.1 Å². The van der Waals surface area contributed by atoms with Crippen LogP contribution in [0.5, 0.6) is 5.88 Å². The van der Waals surface area contributed by atoms with Crippen LogP contribution >= 0.6 is 0 Å². The lowest BCUT2D eigenvalue weighted by Gasteiger charge is -2.08. The van der Waals surface area contributed by atoms with Gasteiger partial charge in [0.05, 0.1) is 18.0 Å². The summed E-state index contributed by atoms with van der Waals surface area (Å²) in [4.78, 5) is 16.3. The minimum absolute atomic E-state index is 0.0389. The molecule has 112 valence electrons. The van der Waals surface area contributed by atoms with Crippen LogP contribution in [0.15, 0.2) is 36.4 Å². The Morgan fingerprint density at radius 2 is 2.05 bits per heavy atom. The molecule has 3 aromatic rings. The molecule has 0 fully saturated rings. The minimum Gasteiger partial charge on any atom is -0.493 e. The van der Waals surface area contributed by atoms with Gasteiger partial charge >= 0.3 is 5.97 Å². The zero-order chi connectivity index (χ0) is 15.7. The second kappa shape index (κ2) is 5.48. The molecular formula is C16H15N3O3. The zero-order valence-corrected chi connectivity index (χ0v) is 12.3. The fraction of sp³-hybridized carbons (Fsp3) is 0.188. The SMILES string of the molecule is CCOC(=O)c1c(C)nc2cc(-c3ccccc3)nn2c1O. The number of esters is 1. The van der Waals surface area contributed by atoms with E-state index in [-0.39, 0.29) is 18.1 Å². The zero-order valence-electron chi connectivity index (χ0n) is 12.3. The maximum Gasteiger partial charge on any atom is 0.345 e. The first kappa shape index (κ1) is 14.1. The lowest BCUT2D eigenvalue weighted by Crippen LogP contribution is -2.11. The predicted octanol–water partition coefficient (Wildman–Crippen LogP) is 2.59. The summed E-state index contributed by atoms with van der Waals surface area (Å²) < 4.78 is 6.20. The van der Waals surface area contributed by atoms with E-state index in [9.17, 15) is 9.90 Å². The van der Waals surface area contributed by atoms with Gasteiger partial charge in [-0.05, 0) is 13.8 Å². The summed E-state index contributed by atoms with van der Waals surface area (Å²) in [6.07, 6.45) is 0. The average Bonchev–Trinajstić information content (AvgIpc) is 2.92. The molecule has 2 heterocycles. The summed E-state index contributed by atoms with van der Waals surface area (Å²) in [6.45, 7) is 3.59. The Hall–Kier alpha value is -2.89. The number of aryl methyl sites for hydroxylation is 1. The van der Waals surface area contributed by atoms with Crippen molar-refractivity contribution in [2.45, 2.75) is 13.8 Å². The Morgan fingerprint density at radius 3 is 2.73 bits per heavy atom. The van der Waals surface area contributed by atoms with Crippen LogP contribution in [0.25, 0.3) is 16.9 Å². The van der Waals surface area contributed by atoms with Gasteiger partial charge in [0.15, 0.2) is 5.65 Å². The van der Waals surface area contributed by atoms with Crippen molar-refractivity contribution in [1.82, 2.24) is 14.6 Å². The molecular weight excluding hydrogens is 282 g/mol. The van der Waals surface area contributed by atoms with E-state index >= 15 is 0 Å². The summed E-state index contributed by atoms with van der Waals surface area (Å²) in [6, 6.07) is 11.3. The van der Waals surface area contributed by atoms with Crippen LogP contribution < -0.4 is 0 Å². The van der Waals surface area contributed by atoms with Crippen LogP contribution in [0.4, 0.5) is 0 Å². The largest absolute Gasteiger partial charge is 0.493 e. The highest BCUT2D eigenvalue weighted by molar-refractivity contribution is 5.93. The number of fused-ring (bicyclic) bond motifs is 1. The highest BCUT2D eigenvalue weighted by Crippen LogP contribution is 2.25. The first-order valence-corrected chi connectivity index (χ1v) is 6.93. The first-order chi connectivity index (χ1) is 10.6. The molecule has 0 unspecified atom stereocenters. The van der Waals surface area contributed by atoms with Crippen molar-refractivity contribution in [3.8, 4) is 17.1 Å². The van der Waals surface area contributed by atoms with Crippen molar-refractivity contribution in [2.75, 3.05) is 6.61 Å². The molecule has 0 saturated heterocycles. The standard InChI is InChI=1S/C16H15N3O3/c1-3-22-16(21)14-10(2)17-13-9-12(18-19(13)15(14)20)11-7-5-4-6-8-11/h4-9,20H,3H2,1-2H3. The Balaban J connectivity index is 2.17. The summed E-state index contributed by atoms with van der Waals surface area (Å²) >= 11 is 0. The number of carbonyl (C=O) groups excluding carboxylic acids is 1. The van der Waals surface area contributed by atoms with Crippen LogP contribution in [0.3, 0.4) is 0 Å². The number of aromatic nitrogens is 3. The molecule has 6 nitrogen and oxygen atoms in total. The monoisotopic (exact) mass is 297 g/mol. The van der Waals surface area contributed by atoms with Gasteiger partial charge < -0.3 is 9.84 Å². The Labute approximate surface area is 127 Å². The van der Waals surface area contributed by atoms with Crippen molar-refractivity contribution >= 4 is 11.6 Å². The Morgan fingerprint density at radius 1 is 1.32 bits per heavy atom. The van der Waals surface area contributed by atoms with E-state index in [4.69, 9.17) is 4.74 Å². The number of carbonyl (C=O) groups is 1. The van der Waals surface area contributed by atoms with Gasteiger partial charge in [-0.1, -0.05) is 30.3 Å². The van der Waals surface area contributed by atoms with Gasteiger partial charge in [0.25, 0.3) is 0 Å². The van der Waals surface area contributed by atoms with Crippen LogP contribution in [-0.2, 0) is 4.74 Å². The molecule has 0 radical (unpaired) electrons. The Bertz CT molecular complexity index is 841. The lowest BCUT2D eigenvalue weighted by atomic mass is 10.2. The highest BCUT2D eigenvalue weighted by atomic mass is 16.5. The normalized spacial score (nSPS) is 10.8. The maximum absolute atomic E-state index is 11.9. The average molecular weight is 297 g/mol. The van der Waals surface area contributed by atoms with Crippen molar-refractivity contribution in [3.63, 3.8) is 0 Å². The predicted molar refractivity (Wildman–Crippen MR) is 80.8 cm³/mol. The van der Waals surface area contributed by atoms with Gasteiger partial charge in [0, 0.05) is 11.6 Å².